The Balaban J connectivity index is 0. The fourth-order valence-corrected chi connectivity index (χ4v) is 2.22. The molecule has 0 rings (SSSR count). The summed E-state index contributed by atoms with van der Waals surface area (Å²) in [4.78, 5) is 22.9. The third-order valence-corrected chi connectivity index (χ3v) is 3.47. The highest BCUT2D eigenvalue weighted by atomic mass is 31.2. The van der Waals surface area contributed by atoms with Gasteiger partial charge < -0.3 is 14.7 Å². The zero-order valence-electron chi connectivity index (χ0n) is 15.2. The van der Waals surface area contributed by atoms with Gasteiger partial charge in [-0.05, 0) is 32.1 Å². The van der Waals surface area contributed by atoms with Crippen molar-refractivity contribution in [2.45, 2.75) is 90.4 Å². The van der Waals surface area contributed by atoms with E-state index in [1.54, 1.807) is 0 Å². The molecule has 5 nitrogen and oxygen atoms in total. The lowest BCUT2D eigenvalue weighted by molar-refractivity contribution is -0.214. The van der Waals surface area contributed by atoms with E-state index < -0.39 is 7.82 Å². The molecule has 24 heavy (non-hydrogen) atoms. The Bertz CT molecular complexity index is 365. The highest BCUT2D eigenvalue weighted by molar-refractivity contribution is 7.43. The summed E-state index contributed by atoms with van der Waals surface area (Å²) in [6.07, 6.45) is 24.0. The van der Waals surface area contributed by atoms with E-state index in [0.717, 1.165) is 6.42 Å². The fraction of sp³-hybridized carbons (Fsp3) is 0.778. The quantitative estimate of drug-likeness (QED) is 0.161. The summed E-state index contributed by atoms with van der Waals surface area (Å²) in [5, 5.41) is 0. The maximum Gasteiger partial charge on any atom is 0.268 e. The first-order valence-corrected chi connectivity index (χ1v) is 10.6. The van der Waals surface area contributed by atoms with Crippen molar-refractivity contribution in [2.75, 3.05) is 0 Å². The molecule has 0 atom stereocenters. The Hall–Kier alpha value is -0.700. The van der Waals surface area contributed by atoms with Crippen molar-refractivity contribution in [3.8, 4) is 0 Å². The van der Waals surface area contributed by atoms with Crippen molar-refractivity contribution in [1.29, 1.82) is 0 Å². The van der Waals surface area contributed by atoms with Crippen LogP contribution in [0.4, 0.5) is 0 Å². The molecular formula is C18H36NO4P. The first-order chi connectivity index (χ1) is 11.4. The molecule has 142 valence electrons. The normalized spacial score (nSPS) is 11.0. The van der Waals surface area contributed by atoms with E-state index in [0.29, 0.717) is 0 Å². The Morgan fingerprint density at radius 2 is 1.25 bits per heavy atom. The smallest absolute Gasteiger partial charge is 0.268 e. The van der Waals surface area contributed by atoms with Gasteiger partial charge >= 0.3 is 0 Å². The molecule has 0 saturated heterocycles. The molecule has 0 aliphatic carbocycles. The minimum atomic E-state index is -4.89. The Morgan fingerprint density at radius 3 is 1.67 bits per heavy atom. The topological polar surface area (TPSA) is 94.7 Å². The number of hydrogen-bond donors (Lipinski definition) is 2. The standard InChI is InChI=1S/C18H34N.H3O4P/c1-3-4-5-6-7-8-9-10-11-12-13-14-15-16-17-18-19-2;1-5(2,3)4/h10-11,18H,2-9,12-17H2,1H3;(H3,1,2,3,4)/q+1;/p-1/b11-10-;. The van der Waals surface area contributed by atoms with Crippen molar-refractivity contribution in [3.63, 3.8) is 0 Å². The van der Waals surface area contributed by atoms with Crippen molar-refractivity contribution in [2.24, 2.45) is 0 Å². The van der Waals surface area contributed by atoms with Crippen LogP contribution >= 0.6 is 7.82 Å². The molecule has 0 amide bonds. The Morgan fingerprint density at radius 1 is 0.875 bits per heavy atom. The van der Waals surface area contributed by atoms with Gasteiger partial charge in [-0.2, -0.15) is 0 Å². The molecule has 0 saturated carbocycles. The highest BCUT2D eigenvalue weighted by Crippen LogP contribution is 2.19. The van der Waals surface area contributed by atoms with Gasteiger partial charge in [-0.15, -0.1) is 4.67 Å². The summed E-state index contributed by atoms with van der Waals surface area (Å²) >= 11 is 0. The first-order valence-electron chi connectivity index (χ1n) is 9.10. The van der Waals surface area contributed by atoms with Crippen LogP contribution in [0.15, 0.2) is 12.2 Å². The lowest BCUT2D eigenvalue weighted by Gasteiger charge is -2.01. The second-order valence-electron chi connectivity index (χ2n) is 5.88. The number of allylic oxidation sites excluding steroid dienone is 2. The van der Waals surface area contributed by atoms with E-state index >= 15 is 0 Å². The van der Waals surface area contributed by atoms with Crippen LogP contribution in [-0.4, -0.2) is 22.7 Å². The van der Waals surface area contributed by atoms with Crippen LogP contribution in [0.25, 0.3) is 0 Å². The summed E-state index contributed by atoms with van der Waals surface area (Å²) in [6, 6.07) is 0. The Labute approximate surface area is 147 Å². The van der Waals surface area contributed by atoms with Gasteiger partial charge in [-0.25, -0.2) is 0 Å². The second kappa shape index (κ2) is 20.3. The summed E-state index contributed by atoms with van der Waals surface area (Å²) in [7, 11) is -4.89. The Kier molecular flexibility index (Phi) is 21.6. The molecule has 0 spiro atoms. The van der Waals surface area contributed by atoms with E-state index in [1.165, 1.54) is 77.0 Å². The number of hydrogen-bond acceptors (Lipinski definition) is 2. The molecule has 0 heterocycles. The number of phosphoric acid groups is 1. The number of rotatable bonds is 14. The van der Waals surface area contributed by atoms with Crippen LogP contribution in [-0.2, 0) is 4.57 Å². The average molecular weight is 361 g/mol. The van der Waals surface area contributed by atoms with Gasteiger partial charge in [0, 0.05) is 6.42 Å². The largest absolute Gasteiger partial charge is 0.756 e. The minimum absolute atomic E-state index is 1.09. The van der Waals surface area contributed by atoms with Crippen LogP contribution < -0.4 is 9.56 Å². The third kappa shape index (κ3) is 37.5. The van der Waals surface area contributed by atoms with Crippen molar-refractivity contribution >= 4 is 20.8 Å². The predicted octanol–water partition coefficient (Wildman–Crippen LogP) is 3.91. The molecule has 0 unspecified atom stereocenters. The van der Waals surface area contributed by atoms with Gasteiger partial charge in [0.15, 0.2) is 0 Å². The van der Waals surface area contributed by atoms with Gasteiger partial charge in [0.1, 0.15) is 0 Å². The van der Waals surface area contributed by atoms with Crippen LogP contribution in [0.1, 0.15) is 90.4 Å². The third-order valence-electron chi connectivity index (χ3n) is 3.47. The van der Waals surface area contributed by atoms with Crippen LogP contribution in [0.5, 0.6) is 0 Å². The molecule has 0 aliphatic heterocycles. The van der Waals surface area contributed by atoms with E-state index in [1.807, 2.05) is 6.21 Å². The average Bonchev–Trinajstić information content (AvgIpc) is 2.49. The monoisotopic (exact) mass is 361 g/mol. The number of nitrogens with zero attached hydrogens (tertiary/aromatic N) is 1. The molecule has 0 aromatic carbocycles. The summed E-state index contributed by atoms with van der Waals surface area (Å²) in [5.41, 5.74) is 0. The van der Waals surface area contributed by atoms with Crippen molar-refractivity contribution in [1.82, 2.24) is 4.67 Å². The molecule has 2 N–H and O–H groups in total. The molecule has 6 heteroatoms. The zero-order chi connectivity index (χ0) is 18.5. The van der Waals surface area contributed by atoms with Crippen molar-refractivity contribution < 1.29 is 19.2 Å². The highest BCUT2D eigenvalue weighted by Gasteiger charge is 1.90. The molecule has 0 aromatic heterocycles. The van der Waals surface area contributed by atoms with E-state index in [-0.39, 0.29) is 0 Å². The second-order valence-corrected chi connectivity index (χ2v) is 6.86. The van der Waals surface area contributed by atoms with Crippen LogP contribution in [0.3, 0.4) is 0 Å². The van der Waals surface area contributed by atoms with Gasteiger partial charge in [0.25, 0.3) is 20.8 Å². The zero-order valence-corrected chi connectivity index (χ0v) is 16.1. The van der Waals surface area contributed by atoms with E-state index in [2.05, 4.69) is 30.5 Å². The van der Waals surface area contributed by atoms with Crippen molar-refractivity contribution in [3.05, 3.63) is 12.2 Å². The molecule has 0 fully saturated rings. The maximum atomic E-state index is 8.77. The summed E-state index contributed by atoms with van der Waals surface area (Å²) in [6.45, 7) is 5.72. The van der Waals surface area contributed by atoms with Gasteiger partial charge in [-0.1, -0.05) is 64.0 Å². The maximum absolute atomic E-state index is 8.77. The molecule has 0 radical (unpaired) electrons. The van der Waals surface area contributed by atoms with E-state index in [9.17, 15) is 0 Å². The number of unbranched alkanes of at least 4 members (excludes halogenated alkanes) is 11. The predicted molar refractivity (Wildman–Crippen MR) is 102 cm³/mol. The fourth-order valence-electron chi connectivity index (χ4n) is 2.22. The summed E-state index contributed by atoms with van der Waals surface area (Å²) < 4.78 is 12.5. The lowest BCUT2D eigenvalue weighted by atomic mass is 10.1. The molecule has 0 aromatic rings. The van der Waals surface area contributed by atoms with Gasteiger partial charge in [0.05, 0.1) is 0 Å². The van der Waals surface area contributed by atoms with Gasteiger partial charge in [0.2, 0.25) is 0 Å². The molecule has 0 aliphatic rings. The SMILES string of the molecule is C=[N+]=CCCCCCC/C=C\CCCCCCCC.O=P([O-])(O)O. The lowest BCUT2D eigenvalue weighted by Crippen LogP contribution is -1.94. The molecule has 0 bridgehead atoms. The minimum Gasteiger partial charge on any atom is -0.756 e. The first kappa shape index (κ1) is 25.5. The molecular weight excluding hydrogens is 325 g/mol. The van der Waals surface area contributed by atoms with Crippen LogP contribution in [0, 0.1) is 0 Å². The van der Waals surface area contributed by atoms with E-state index in [4.69, 9.17) is 19.2 Å². The summed E-state index contributed by atoms with van der Waals surface area (Å²) in [5.74, 6) is 0. The van der Waals surface area contributed by atoms with Gasteiger partial charge in [-0.3, -0.25) is 4.57 Å². The van der Waals surface area contributed by atoms with Crippen LogP contribution in [0.2, 0.25) is 0 Å².